The van der Waals surface area contributed by atoms with E-state index >= 15 is 4.39 Å². The van der Waals surface area contributed by atoms with Gasteiger partial charge in [0.25, 0.3) is 5.90 Å². The van der Waals surface area contributed by atoms with Crippen LogP contribution in [0.4, 0.5) is 22.4 Å². The summed E-state index contributed by atoms with van der Waals surface area (Å²) in [7, 11) is 1.26. The van der Waals surface area contributed by atoms with Crippen LogP contribution in [-0.4, -0.2) is 65.3 Å². The maximum atomic E-state index is 15.4. The van der Waals surface area contributed by atoms with Gasteiger partial charge < -0.3 is 19.5 Å². The first-order valence-electron chi connectivity index (χ1n) is 16.3. The van der Waals surface area contributed by atoms with E-state index in [1.807, 2.05) is 20.5 Å². The Balaban J connectivity index is 0. The van der Waals surface area contributed by atoms with Crippen molar-refractivity contribution in [3.05, 3.63) is 95.9 Å². The molecule has 1 N–H and O–H groups in total. The summed E-state index contributed by atoms with van der Waals surface area (Å²) < 4.78 is 83.0. The molecule has 1 heterocycles. The molecule has 1 aliphatic rings. The van der Waals surface area contributed by atoms with Gasteiger partial charge in [-0.25, -0.2) is 19.0 Å². The molecule has 0 spiro atoms. The van der Waals surface area contributed by atoms with Crippen LogP contribution in [0.15, 0.2) is 77.7 Å². The summed E-state index contributed by atoms with van der Waals surface area (Å²) >= 11 is 0. The van der Waals surface area contributed by atoms with Gasteiger partial charge in [-0.3, -0.25) is 9.00 Å². The third-order valence-electron chi connectivity index (χ3n) is 6.84. The highest BCUT2D eigenvalue weighted by Gasteiger charge is 2.38. The number of nitrogens with one attached hydrogen (secondary N) is 1. The monoisotopic (exact) mass is 786 g/mol. The average molecular weight is 787 g/mol. The number of allylic oxidation sites excluding steroid dienone is 1. The van der Waals surface area contributed by atoms with E-state index in [0.29, 0.717) is 16.7 Å². The zero-order valence-electron chi connectivity index (χ0n) is 31.2. The van der Waals surface area contributed by atoms with Gasteiger partial charge in [-0.05, 0) is 81.0 Å². The Bertz CT molecular complexity index is 1790. The molecule has 2 aromatic carbocycles. The molecule has 53 heavy (non-hydrogen) atoms. The molecule has 0 saturated heterocycles. The number of aliphatic imine (C=N–C) groups is 1. The minimum absolute atomic E-state index is 0. The molecule has 0 saturated carbocycles. The van der Waals surface area contributed by atoms with Crippen molar-refractivity contribution < 1.29 is 53.2 Å². The van der Waals surface area contributed by atoms with Gasteiger partial charge in [0, 0.05) is 13.3 Å². The Labute approximate surface area is 316 Å². The number of amides is 1. The summed E-state index contributed by atoms with van der Waals surface area (Å²) in [5.41, 5.74) is 0.290. The number of carbonyl (C=O) groups excluding carboxylic acids is 3. The van der Waals surface area contributed by atoms with Gasteiger partial charge in [0.05, 0.1) is 34.9 Å². The summed E-state index contributed by atoms with van der Waals surface area (Å²) in [5, 5.41) is 2.45. The largest absolute Gasteiger partial charge is 0.478 e. The number of aryl methyl sites for hydroxylation is 1. The molecule has 2 unspecified atom stereocenters. The SMILES string of the molecule is C=C(C)C(=O)OC(=C)c1cc2c(cc1F)S(=O)C[C@H](NC(=O)OC(C)(C)C)C(=O)/C=C\2CCc1ccc(C(=C)N=C(OC)C(F)(F)F)cc1.CC.CP.[HH].[HH]. The fraction of sp³-hybridized carbons (Fsp3) is 0.368. The second-order valence-corrected chi connectivity index (χ2v) is 13.4. The van der Waals surface area contributed by atoms with Crippen LogP contribution >= 0.6 is 9.24 Å². The number of halogens is 4. The minimum Gasteiger partial charge on any atom is -0.478 e. The lowest BCUT2D eigenvalue weighted by molar-refractivity contribution is -0.132. The van der Waals surface area contributed by atoms with Crippen molar-refractivity contribution in [1.82, 2.24) is 5.32 Å². The summed E-state index contributed by atoms with van der Waals surface area (Å²) in [6.45, 7) is 22.9. The van der Waals surface area contributed by atoms with Crippen LogP contribution in [0.5, 0.6) is 0 Å². The quantitative estimate of drug-likeness (QED) is 0.0512. The molecule has 294 valence electrons. The number of nitrogens with zero attached hydrogens (tertiary/aromatic N) is 1. The third kappa shape index (κ3) is 14.2. The molecular weight excluding hydrogens is 735 g/mol. The molecule has 3 atom stereocenters. The zero-order chi connectivity index (χ0) is 40.8. The van der Waals surface area contributed by atoms with Crippen LogP contribution in [0.1, 0.15) is 73.1 Å². The van der Waals surface area contributed by atoms with E-state index in [2.05, 4.69) is 44.0 Å². The van der Waals surface area contributed by atoms with Gasteiger partial charge >= 0.3 is 18.2 Å². The Kier molecular flexibility index (Phi) is 18.2. The number of ketones is 1. The van der Waals surface area contributed by atoms with E-state index in [1.165, 1.54) is 31.2 Å². The van der Waals surface area contributed by atoms with E-state index < -0.39 is 58.2 Å². The predicted octanol–water partition coefficient (Wildman–Crippen LogP) is 9.10. The molecule has 0 fully saturated rings. The molecule has 3 rings (SSSR count). The molecule has 2 aromatic rings. The normalized spacial score (nSPS) is 16.7. The number of fused-ring (bicyclic) bond motifs is 1. The lowest BCUT2D eigenvalue weighted by atomic mass is 9.94. The maximum Gasteiger partial charge on any atom is 0.468 e. The number of ether oxygens (including phenoxy) is 3. The number of benzene rings is 2. The van der Waals surface area contributed by atoms with Gasteiger partial charge in [-0.2, -0.15) is 13.2 Å². The Morgan fingerprint density at radius 2 is 1.64 bits per heavy atom. The van der Waals surface area contributed by atoms with Crippen LogP contribution in [0.3, 0.4) is 0 Å². The molecule has 0 aliphatic carbocycles. The van der Waals surface area contributed by atoms with Crippen LogP contribution < -0.4 is 5.32 Å². The van der Waals surface area contributed by atoms with Crippen molar-refractivity contribution in [1.29, 1.82) is 0 Å². The van der Waals surface area contributed by atoms with Crippen LogP contribution in [0.2, 0.25) is 0 Å². The predicted molar refractivity (Wildman–Crippen MR) is 209 cm³/mol. The first-order valence-corrected chi connectivity index (χ1v) is 18.8. The highest BCUT2D eigenvalue weighted by atomic mass is 32.2. The standard InChI is InChI=1S/C35H36F4N2O7S.C2H6.CH5P.2H2/c1-19(2)31(43)47-21(4)25-16-26-24(14-11-22-9-12-23(13-10-22)20(3)40-32(46-8)35(37,38)39)15-29(42)28(41-33(44)48-34(5,6)7)18-49(45)30(26)17-27(25)36;2*1-2;;/h9-10,12-13,15-17,28H,1,3-4,11,14,18H2,2,5-8H3,(H,41,44);1-2H3;2H2,1H3;2*1H/b24-15-,40-32?;;;;/t28-,49?;;;;/m0..../s1. The second-order valence-electron chi connectivity index (χ2n) is 12.0. The second kappa shape index (κ2) is 20.7. The maximum absolute atomic E-state index is 15.4. The van der Waals surface area contributed by atoms with Crippen molar-refractivity contribution in [2.24, 2.45) is 4.99 Å². The molecule has 1 amide bonds. The fourth-order valence-corrected chi connectivity index (χ4v) is 5.86. The van der Waals surface area contributed by atoms with Gasteiger partial charge in [0.2, 0.25) is 0 Å². The zero-order valence-corrected chi connectivity index (χ0v) is 33.1. The van der Waals surface area contributed by atoms with Crippen molar-refractivity contribution in [2.45, 2.75) is 77.1 Å². The Morgan fingerprint density at radius 1 is 1.06 bits per heavy atom. The van der Waals surface area contributed by atoms with Crippen LogP contribution in [-0.2, 0) is 41.0 Å². The number of carbonyl (C=O) groups is 3. The number of methoxy groups -OCH3 is 1. The first kappa shape index (κ1) is 46.6. The summed E-state index contributed by atoms with van der Waals surface area (Å²) in [5.74, 6) is -4.50. The topological polar surface area (TPSA) is 120 Å². The molecule has 0 radical (unpaired) electrons. The van der Waals surface area contributed by atoms with E-state index in [4.69, 9.17) is 9.47 Å². The lowest BCUT2D eigenvalue weighted by Gasteiger charge is -2.25. The third-order valence-corrected chi connectivity index (χ3v) is 8.30. The van der Waals surface area contributed by atoms with Gasteiger partial charge in [0.15, 0.2) is 5.78 Å². The Morgan fingerprint density at radius 3 is 2.15 bits per heavy atom. The average Bonchev–Trinajstić information content (AvgIpc) is 3.08. The van der Waals surface area contributed by atoms with Gasteiger partial charge in [-0.1, -0.05) is 64.5 Å². The highest BCUT2D eigenvalue weighted by molar-refractivity contribution is 7.85. The molecule has 9 nitrogen and oxygen atoms in total. The van der Waals surface area contributed by atoms with Crippen LogP contribution in [0, 0.1) is 5.82 Å². The number of alkyl carbamates (subject to hydrolysis) is 1. The fourth-order valence-electron chi connectivity index (χ4n) is 4.46. The number of hydrogen-bond donors (Lipinski definition) is 1. The first-order chi connectivity index (χ1) is 24.7. The van der Waals surface area contributed by atoms with E-state index in [1.54, 1.807) is 32.9 Å². The van der Waals surface area contributed by atoms with E-state index in [0.717, 1.165) is 13.2 Å². The molecule has 15 heteroatoms. The Hall–Kier alpha value is -4.42. The van der Waals surface area contributed by atoms with Crippen molar-refractivity contribution in [3.8, 4) is 0 Å². The number of alkyl halides is 3. The minimum atomic E-state index is -4.80. The van der Waals surface area contributed by atoms with Gasteiger partial charge in [0.1, 0.15) is 23.2 Å². The summed E-state index contributed by atoms with van der Waals surface area (Å²) in [6, 6.07) is 7.30. The van der Waals surface area contributed by atoms with Gasteiger partial charge in [-0.15, -0.1) is 9.24 Å². The molecule has 0 bridgehead atoms. The van der Waals surface area contributed by atoms with Crippen molar-refractivity contribution in [2.75, 3.05) is 19.5 Å². The smallest absolute Gasteiger partial charge is 0.468 e. The summed E-state index contributed by atoms with van der Waals surface area (Å²) in [4.78, 5) is 41.6. The van der Waals surface area contributed by atoms with Crippen molar-refractivity contribution >= 4 is 60.8 Å². The number of rotatable bonds is 9. The molecule has 1 aliphatic heterocycles. The highest BCUT2D eigenvalue weighted by Crippen LogP contribution is 2.34. The molecular formula is C38H51F4N2O7PS. The van der Waals surface area contributed by atoms with Crippen molar-refractivity contribution in [3.63, 3.8) is 0 Å². The molecule has 0 aromatic heterocycles. The number of esters is 1. The lowest BCUT2D eigenvalue weighted by Crippen LogP contribution is -2.46. The number of hydrogen-bond acceptors (Lipinski definition) is 8. The summed E-state index contributed by atoms with van der Waals surface area (Å²) in [6.07, 6.45) is -4.07. The van der Waals surface area contributed by atoms with E-state index in [9.17, 15) is 31.8 Å². The van der Waals surface area contributed by atoms with E-state index in [-0.39, 0.29) is 54.5 Å². The van der Waals surface area contributed by atoms with Crippen LogP contribution in [0.25, 0.3) is 17.0 Å².